The maximum absolute atomic E-state index is 12.2. The number of ether oxygens (including phenoxy) is 3. The molecule has 7 heteroatoms. The summed E-state index contributed by atoms with van der Waals surface area (Å²) in [5.41, 5.74) is 1.88. The second-order valence-corrected chi connectivity index (χ2v) is 6.40. The number of carbonyl (C=O) groups excluding carboxylic acids is 1. The zero-order valence-electron chi connectivity index (χ0n) is 16.0. The molecule has 2 aromatic rings. The van der Waals surface area contributed by atoms with Crippen molar-refractivity contribution in [3.63, 3.8) is 0 Å². The molecule has 146 valence electrons. The van der Waals surface area contributed by atoms with E-state index in [1.54, 1.807) is 21.3 Å². The molecule has 0 spiro atoms. The summed E-state index contributed by atoms with van der Waals surface area (Å²) in [7, 11) is 4.66. The van der Waals surface area contributed by atoms with E-state index in [0.717, 1.165) is 11.1 Å². The van der Waals surface area contributed by atoms with Crippen LogP contribution in [0.15, 0.2) is 36.4 Å². The van der Waals surface area contributed by atoms with Crippen LogP contribution in [0.25, 0.3) is 0 Å². The summed E-state index contributed by atoms with van der Waals surface area (Å²) >= 11 is 6.00. The summed E-state index contributed by atoms with van der Waals surface area (Å²) in [6, 6.07) is 11.2. The Kier molecular flexibility index (Phi) is 7.76. The van der Waals surface area contributed by atoms with Crippen molar-refractivity contribution in [1.82, 2.24) is 10.6 Å². The first-order valence-electron chi connectivity index (χ1n) is 8.53. The average molecular weight is 393 g/mol. The van der Waals surface area contributed by atoms with Crippen LogP contribution in [0.3, 0.4) is 0 Å². The SMILES string of the molecule is COc1cc(CNC(=O)CN[C@H](C)c2cccc(Cl)c2)cc(OC)c1OC. The predicted octanol–water partition coefficient (Wildman–Crippen LogP) is 3.33. The van der Waals surface area contributed by atoms with Gasteiger partial charge in [0, 0.05) is 17.6 Å². The van der Waals surface area contributed by atoms with E-state index in [2.05, 4.69) is 10.6 Å². The Morgan fingerprint density at radius 1 is 1.07 bits per heavy atom. The Morgan fingerprint density at radius 3 is 2.30 bits per heavy atom. The van der Waals surface area contributed by atoms with Gasteiger partial charge in [0.25, 0.3) is 0 Å². The lowest BCUT2D eigenvalue weighted by Gasteiger charge is -2.16. The fourth-order valence-electron chi connectivity index (χ4n) is 2.64. The predicted molar refractivity (Wildman–Crippen MR) is 106 cm³/mol. The number of benzene rings is 2. The van der Waals surface area contributed by atoms with Gasteiger partial charge in [-0.15, -0.1) is 0 Å². The average Bonchev–Trinajstić information content (AvgIpc) is 2.69. The van der Waals surface area contributed by atoms with Gasteiger partial charge in [-0.1, -0.05) is 23.7 Å². The number of halogens is 1. The summed E-state index contributed by atoms with van der Waals surface area (Å²) in [4.78, 5) is 12.2. The van der Waals surface area contributed by atoms with E-state index in [1.165, 1.54) is 0 Å². The van der Waals surface area contributed by atoms with Crippen LogP contribution < -0.4 is 24.8 Å². The van der Waals surface area contributed by atoms with Crippen LogP contribution in [0.5, 0.6) is 17.2 Å². The molecule has 0 saturated carbocycles. The van der Waals surface area contributed by atoms with Gasteiger partial charge >= 0.3 is 0 Å². The molecule has 6 nitrogen and oxygen atoms in total. The molecular formula is C20H25ClN2O4. The van der Waals surface area contributed by atoms with Gasteiger partial charge in [-0.25, -0.2) is 0 Å². The molecular weight excluding hydrogens is 368 g/mol. The molecule has 0 fully saturated rings. The minimum Gasteiger partial charge on any atom is -0.493 e. The summed E-state index contributed by atoms with van der Waals surface area (Å²) in [6.45, 7) is 2.53. The summed E-state index contributed by atoms with van der Waals surface area (Å²) in [5, 5.41) is 6.74. The Morgan fingerprint density at radius 2 is 1.74 bits per heavy atom. The number of hydrogen-bond acceptors (Lipinski definition) is 5. The Bertz CT molecular complexity index is 757. The molecule has 1 atom stereocenters. The van der Waals surface area contributed by atoms with E-state index in [-0.39, 0.29) is 18.5 Å². The summed E-state index contributed by atoms with van der Waals surface area (Å²) in [6.07, 6.45) is 0. The zero-order valence-corrected chi connectivity index (χ0v) is 16.7. The number of nitrogens with one attached hydrogen (secondary N) is 2. The van der Waals surface area contributed by atoms with Crippen LogP contribution in [-0.2, 0) is 11.3 Å². The number of amides is 1. The number of carbonyl (C=O) groups is 1. The van der Waals surface area contributed by atoms with Crippen LogP contribution in [-0.4, -0.2) is 33.8 Å². The highest BCUT2D eigenvalue weighted by molar-refractivity contribution is 6.30. The van der Waals surface area contributed by atoms with Crippen LogP contribution in [0.1, 0.15) is 24.1 Å². The molecule has 0 saturated heterocycles. The number of methoxy groups -OCH3 is 3. The van der Waals surface area contributed by atoms with Gasteiger partial charge in [0.2, 0.25) is 11.7 Å². The maximum atomic E-state index is 12.2. The lowest BCUT2D eigenvalue weighted by atomic mass is 10.1. The number of rotatable bonds is 9. The molecule has 2 N–H and O–H groups in total. The fourth-order valence-corrected chi connectivity index (χ4v) is 2.84. The topological polar surface area (TPSA) is 68.8 Å². The van der Waals surface area contributed by atoms with E-state index in [4.69, 9.17) is 25.8 Å². The third-order valence-corrected chi connectivity index (χ3v) is 4.37. The Labute approximate surface area is 164 Å². The monoisotopic (exact) mass is 392 g/mol. The van der Waals surface area contributed by atoms with E-state index in [1.807, 2.05) is 43.3 Å². The van der Waals surface area contributed by atoms with Crippen molar-refractivity contribution in [2.45, 2.75) is 19.5 Å². The van der Waals surface area contributed by atoms with E-state index < -0.39 is 0 Å². The quantitative estimate of drug-likeness (QED) is 0.685. The van der Waals surface area contributed by atoms with E-state index >= 15 is 0 Å². The highest BCUT2D eigenvalue weighted by atomic mass is 35.5. The minimum atomic E-state index is -0.113. The van der Waals surface area contributed by atoms with Crippen molar-refractivity contribution in [1.29, 1.82) is 0 Å². The van der Waals surface area contributed by atoms with E-state index in [9.17, 15) is 4.79 Å². The van der Waals surface area contributed by atoms with Crippen molar-refractivity contribution < 1.29 is 19.0 Å². The molecule has 0 aromatic heterocycles. The van der Waals surface area contributed by atoms with E-state index in [0.29, 0.717) is 28.8 Å². The van der Waals surface area contributed by atoms with Crippen molar-refractivity contribution in [3.05, 3.63) is 52.5 Å². The summed E-state index contributed by atoms with van der Waals surface area (Å²) < 4.78 is 15.9. The van der Waals surface area contributed by atoms with Crippen molar-refractivity contribution >= 4 is 17.5 Å². The lowest BCUT2D eigenvalue weighted by Crippen LogP contribution is -2.34. The molecule has 0 aliphatic rings. The van der Waals surface area contributed by atoms with Gasteiger partial charge in [-0.2, -0.15) is 0 Å². The lowest BCUT2D eigenvalue weighted by molar-refractivity contribution is -0.120. The van der Waals surface area contributed by atoms with Gasteiger partial charge in [0.1, 0.15) is 0 Å². The minimum absolute atomic E-state index is 0.00984. The van der Waals surface area contributed by atoms with Gasteiger partial charge in [0.15, 0.2) is 11.5 Å². The second kappa shape index (κ2) is 10.0. The van der Waals surface area contributed by atoms with Crippen LogP contribution in [0.2, 0.25) is 5.02 Å². The molecule has 0 unspecified atom stereocenters. The normalized spacial score (nSPS) is 11.6. The van der Waals surface area contributed by atoms with Crippen molar-refractivity contribution in [2.24, 2.45) is 0 Å². The maximum Gasteiger partial charge on any atom is 0.234 e. The van der Waals surface area contributed by atoms with Crippen molar-refractivity contribution in [3.8, 4) is 17.2 Å². The molecule has 2 rings (SSSR count). The van der Waals surface area contributed by atoms with Gasteiger partial charge in [0.05, 0.1) is 27.9 Å². The fraction of sp³-hybridized carbons (Fsp3) is 0.350. The molecule has 27 heavy (non-hydrogen) atoms. The number of hydrogen-bond donors (Lipinski definition) is 2. The molecule has 0 aliphatic heterocycles. The smallest absolute Gasteiger partial charge is 0.234 e. The molecule has 0 heterocycles. The van der Waals surface area contributed by atoms with Gasteiger partial charge in [-0.3, -0.25) is 4.79 Å². The molecule has 0 radical (unpaired) electrons. The zero-order chi connectivity index (χ0) is 19.8. The first-order chi connectivity index (χ1) is 13.0. The molecule has 2 aromatic carbocycles. The molecule has 0 bridgehead atoms. The van der Waals surface area contributed by atoms with Gasteiger partial charge in [-0.05, 0) is 42.3 Å². The summed E-state index contributed by atoms with van der Waals surface area (Å²) in [5.74, 6) is 1.51. The third kappa shape index (κ3) is 5.77. The standard InChI is InChI=1S/C20H25ClN2O4/c1-13(15-6-5-7-16(21)10-15)22-12-19(24)23-11-14-8-17(25-2)20(27-4)18(9-14)26-3/h5-10,13,22H,11-12H2,1-4H3,(H,23,24)/t13-/m1/s1. The largest absolute Gasteiger partial charge is 0.493 e. The second-order valence-electron chi connectivity index (χ2n) is 5.97. The first-order valence-corrected chi connectivity index (χ1v) is 8.90. The Hall–Kier alpha value is -2.44. The van der Waals surface area contributed by atoms with Crippen LogP contribution >= 0.6 is 11.6 Å². The van der Waals surface area contributed by atoms with Crippen molar-refractivity contribution in [2.75, 3.05) is 27.9 Å². The Balaban J connectivity index is 1.91. The molecule has 1 amide bonds. The van der Waals surface area contributed by atoms with Crippen LogP contribution in [0.4, 0.5) is 0 Å². The van der Waals surface area contributed by atoms with Gasteiger partial charge < -0.3 is 24.8 Å². The van der Waals surface area contributed by atoms with Crippen LogP contribution in [0, 0.1) is 0 Å². The molecule has 0 aliphatic carbocycles. The first kappa shape index (κ1) is 20.9. The highest BCUT2D eigenvalue weighted by Crippen LogP contribution is 2.38. The highest BCUT2D eigenvalue weighted by Gasteiger charge is 2.14. The third-order valence-electron chi connectivity index (χ3n) is 4.13.